The second kappa shape index (κ2) is 9.10. The van der Waals surface area contributed by atoms with E-state index in [0.717, 1.165) is 6.42 Å². The van der Waals surface area contributed by atoms with Crippen LogP contribution in [0.2, 0.25) is 0 Å². The molecule has 0 aromatic heterocycles. The number of nitrogens with one attached hydrogen (secondary N) is 2. The quantitative estimate of drug-likeness (QED) is 0.605. The van der Waals surface area contributed by atoms with Crippen molar-refractivity contribution < 1.29 is 14.7 Å². The summed E-state index contributed by atoms with van der Waals surface area (Å²) in [7, 11) is 0. The van der Waals surface area contributed by atoms with E-state index in [0.29, 0.717) is 25.1 Å². The molecule has 3 N–H and O–H groups in total. The summed E-state index contributed by atoms with van der Waals surface area (Å²) in [5.74, 6) is -0.264. The highest BCUT2D eigenvalue weighted by Gasteiger charge is 2.05. The number of rotatable bonds is 8. The van der Waals surface area contributed by atoms with E-state index in [1.54, 1.807) is 24.3 Å². The van der Waals surface area contributed by atoms with E-state index in [9.17, 15) is 9.59 Å². The van der Waals surface area contributed by atoms with Crippen LogP contribution in [0.25, 0.3) is 0 Å². The highest BCUT2D eigenvalue weighted by molar-refractivity contribution is 5.94. The van der Waals surface area contributed by atoms with Crippen molar-refractivity contribution in [2.45, 2.75) is 19.3 Å². The molecule has 1 aromatic carbocycles. The molecule has 5 heteroatoms. The van der Waals surface area contributed by atoms with Crippen LogP contribution in [0.15, 0.2) is 30.3 Å². The van der Waals surface area contributed by atoms with Crippen LogP contribution in [0.4, 0.5) is 0 Å². The smallest absolute Gasteiger partial charge is 0.251 e. The fourth-order valence-electron chi connectivity index (χ4n) is 1.53. The summed E-state index contributed by atoms with van der Waals surface area (Å²) in [5.41, 5.74) is 0.589. The Morgan fingerprint density at radius 1 is 1.00 bits per heavy atom. The van der Waals surface area contributed by atoms with Crippen LogP contribution in [0.1, 0.15) is 29.6 Å². The SMILES string of the molecule is O=C(CCNC(=O)c1ccccc1)NCCCCO. The molecule has 0 saturated heterocycles. The zero-order chi connectivity index (χ0) is 13.9. The van der Waals surface area contributed by atoms with Crippen molar-refractivity contribution in [3.63, 3.8) is 0 Å². The standard InChI is InChI=1S/C14H20N2O3/c17-11-5-4-9-15-13(18)8-10-16-14(19)12-6-2-1-3-7-12/h1-3,6-7,17H,4-5,8-11H2,(H,15,18)(H,16,19). The minimum absolute atomic E-state index is 0.0914. The molecule has 0 unspecified atom stereocenters. The summed E-state index contributed by atoms with van der Waals surface area (Å²) in [6.07, 6.45) is 1.71. The number of carbonyl (C=O) groups excluding carboxylic acids is 2. The number of aliphatic hydroxyl groups is 1. The first-order chi connectivity index (χ1) is 9.24. The Balaban J connectivity index is 2.13. The fraction of sp³-hybridized carbons (Fsp3) is 0.429. The molecule has 0 fully saturated rings. The average Bonchev–Trinajstić information content (AvgIpc) is 2.44. The van der Waals surface area contributed by atoms with Crippen LogP contribution in [0.5, 0.6) is 0 Å². The summed E-state index contributed by atoms with van der Waals surface area (Å²) in [4.78, 5) is 23.1. The molecule has 19 heavy (non-hydrogen) atoms. The van der Waals surface area contributed by atoms with E-state index >= 15 is 0 Å². The van der Waals surface area contributed by atoms with Crippen molar-refractivity contribution in [2.75, 3.05) is 19.7 Å². The minimum atomic E-state index is -0.173. The molecule has 0 heterocycles. The van der Waals surface area contributed by atoms with Gasteiger partial charge in [-0.2, -0.15) is 0 Å². The van der Waals surface area contributed by atoms with E-state index < -0.39 is 0 Å². The summed E-state index contributed by atoms with van der Waals surface area (Å²) in [6, 6.07) is 8.89. The van der Waals surface area contributed by atoms with Crippen LogP contribution < -0.4 is 10.6 Å². The van der Waals surface area contributed by atoms with Gasteiger partial charge in [-0.25, -0.2) is 0 Å². The van der Waals surface area contributed by atoms with Gasteiger partial charge >= 0.3 is 0 Å². The molecule has 2 amide bonds. The number of hydrogen-bond donors (Lipinski definition) is 3. The van der Waals surface area contributed by atoms with E-state index in [1.807, 2.05) is 6.07 Å². The van der Waals surface area contributed by atoms with Gasteiger partial charge in [-0.15, -0.1) is 0 Å². The highest BCUT2D eigenvalue weighted by atomic mass is 16.3. The molecule has 0 bridgehead atoms. The van der Waals surface area contributed by atoms with Crippen LogP contribution in [-0.4, -0.2) is 36.6 Å². The Morgan fingerprint density at radius 3 is 2.42 bits per heavy atom. The summed E-state index contributed by atoms with van der Waals surface area (Å²) < 4.78 is 0. The molecule has 5 nitrogen and oxygen atoms in total. The Morgan fingerprint density at radius 2 is 1.74 bits per heavy atom. The third-order valence-electron chi connectivity index (χ3n) is 2.58. The second-order valence-corrected chi connectivity index (χ2v) is 4.15. The van der Waals surface area contributed by atoms with Gasteiger partial charge in [0, 0.05) is 31.7 Å². The number of benzene rings is 1. The molecule has 0 radical (unpaired) electrons. The van der Waals surface area contributed by atoms with Crippen molar-refractivity contribution in [1.82, 2.24) is 10.6 Å². The number of hydrogen-bond acceptors (Lipinski definition) is 3. The van der Waals surface area contributed by atoms with Gasteiger partial charge in [-0.05, 0) is 25.0 Å². The van der Waals surface area contributed by atoms with Gasteiger partial charge in [0.1, 0.15) is 0 Å². The van der Waals surface area contributed by atoms with Crippen LogP contribution in [0.3, 0.4) is 0 Å². The van der Waals surface area contributed by atoms with Crippen LogP contribution in [0, 0.1) is 0 Å². The first-order valence-electron chi connectivity index (χ1n) is 6.45. The van der Waals surface area contributed by atoms with Gasteiger partial charge in [0.15, 0.2) is 0 Å². The third-order valence-corrected chi connectivity index (χ3v) is 2.58. The zero-order valence-electron chi connectivity index (χ0n) is 10.9. The van der Waals surface area contributed by atoms with Crippen LogP contribution >= 0.6 is 0 Å². The van der Waals surface area contributed by atoms with Crippen molar-refractivity contribution in [2.24, 2.45) is 0 Å². The average molecular weight is 264 g/mol. The van der Waals surface area contributed by atoms with Gasteiger partial charge in [0.2, 0.25) is 5.91 Å². The monoisotopic (exact) mass is 264 g/mol. The second-order valence-electron chi connectivity index (χ2n) is 4.15. The molecular formula is C14H20N2O3. The Labute approximate surface area is 113 Å². The minimum Gasteiger partial charge on any atom is -0.396 e. The molecule has 0 atom stereocenters. The molecule has 0 spiro atoms. The molecule has 0 saturated carbocycles. The molecule has 104 valence electrons. The van der Waals surface area contributed by atoms with E-state index in [1.165, 1.54) is 0 Å². The van der Waals surface area contributed by atoms with Gasteiger partial charge in [-0.3, -0.25) is 9.59 Å². The topological polar surface area (TPSA) is 78.4 Å². The van der Waals surface area contributed by atoms with Gasteiger partial charge in [0.25, 0.3) is 5.91 Å². The molecular weight excluding hydrogens is 244 g/mol. The number of carbonyl (C=O) groups is 2. The van der Waals surface area contributed by atoms with Crippen molar-refractivity contribution >= 4 is 11.8 Å². The lowest BCUT2D eigenvalue weighted by Gasteiger charge is -2.06. The Hall–Kier alpha value is -1.88. The van der Waals surface area contributed by atoms with Crippen LogP contribution in [-0.2, 0) is 4.79 Å². The Kier molecular flexibility index (Phi) is 7.27. The van der Waals surface area contributed by atoms with E-state index in [2.05, 4.69) is 10.6 Å². The Bertz CT molecular complexity index is 393. The normalized spacial score (nSPS) is 9.95. The molecule has 1 rings (SSSR count). The number of aliphatic hydroxyl groups excluding tert-OH is 1. The predicted molar refractivity (Wildman–Crippen MR) is 72.7 cm³/mol. The zero-order valence-corrected chi connectivity index (χ0v) is 10.9. The lowest BCUT2D eigenvalue weighted by molar-refractivity contribution is -0.120. The maximum Gasteiger partial charge on any atom is 0.251 e. The lowest BCUT2D eigenvalue weighted by Crippen LogP contribution is -2.31. The van der Waals surface area contributed by atoms with Gasteiger partial charge in [0.05, 0.1) is 0 Å². The summed E-state index contributed by atoms with van der Waals surface area (Å²) in [6.45, 7) is 1.02. The summed E-state index contributed by atoms with van der Waals surface area (Å²) >= 11 is 0. The lowest BCUT2D eigenvalue weighted by atomic mass is 10.2. The predicted octanol–water partition coefficient (Wildman–Crippen LogP) is 0.695. The van der Waals surface area contributed by atoms with Crippen molar-refractivity contribution in [1.29, 1.82) is 0 Å². The fourth-order valence-corrected chi connectivity index (χ4v) is 1.53. The molecule has 1 aromatic rings. The molecule has 0 aliphatic heterocycles. The first-order valence-corrected chi connectivity index (χ1v) is 6.45. The highest BCUT2D eigenvalue weighted by Crippen LogP contribution is 1.97. The summed E-state index contributed by atoms with van der Waals surface area (Å²) in [5, 5.41) is 14.0. The first kappa shape index (κ1) is 15.2. The maximum atomic E-state index is 11.7. The van der Waals surface area contributed by atoms with E-state index in [4.69, 9.17) is 5.11 Å². The van der Waals surface area contributed by atoms with E-state index in [-0.39, 0.29) is 24.8 Å². The number of unbranched alkanes of at least 4 members (excludes halogenated alkanes) is 1. The van der Waals surface area contributed by atoms with Crippen molar-refractivity contribution in [3.05, 3.63) is 35.9 Å². The number of amides is 2. The molecule has 0 aliphatic carbocycles. The largest absolute Gasteiger partial charge is 0.396 e. The van der Waals surface area contributed by atoms with Gasteiger partial charge in [-0.1, -0.05) is 18.2 Å². The van der Waals surface area contributed by atoms with Gasteiger partial charge < -0.3 is 15.7 Å². The van der Waals surface area contributed by atoms with Crippen molar-refractivity contribution in [3.8, 4) is 0 Å². The third kappa shape index (κ3) is 6.57. The molecule has 0 aliphatic rings. The maximum absolute atomic E-state index is 11.7.